The minimum atomic E-state index is 0. The van der Waals surface area contributed by atoms with Gasteiger partial charge in [-0.3, -0.25) is 4.79 Å². The Kier molecular flexibility index (Phi) is 6.79. The zero-order chi connectivity index (χ0) is 18.1. The lowest BCUT2D eigenvalue weighted by Crippen LogP contribution is -2.36. The van der Waals surface area contributed by atoms with Gasteiger partial charge in [-0.15, -0.1) is 23.7 Å². The molecule has 0 N–H and O–H groups in total. The number of thiazole rings is 1. The molecule has 2 atom stereocenters. The largest absolute Gasteiger partial charge is 0.338 e. The lowest BCUT2D eigenvalue weighted by Gasteiger charge is -2.28. The van der Waals surface area contributed by atoms with E-state index >= 15 is 0 Å². The number of aromatic nitrogens is 1. The van der Waals surface area contributed by atoms with Gasteiger partial charge in [-0.1, -0.05) is 36.2 Å². The molecule has 2 aliphatic rings. The van der Waals surface area contributed by atoms with E-state index in [1.807, 2.05) is 42.4 Å². The Morgan fingerprint density at radius 1 is 1.22 bits per heavy atom. The molecule has 1 aromatic carbocycles. The molecule has 4 nitrogen and oxygen atoms in total. The predicted molar refractivity (Wildman–Crippen MR) is 114 cm³/mol. The quantitative estimate of drug-likeness (QED) is 0.699. The molecule has 7 heteroatoms. The van der Waals surface area contributed by atoms with Gasteiger partial charge < -0.3 is 9.80 Å². The number of halogens is 2. The van der Waals surface area contributed by atoms with Crippen molar-refractivity contribution in [3.05, 3.63) is 40.4 Å². The maximum absolute atomic E-state index is 12.8. The Balaban J connectivity index is 0.00000210. The van der Waals surface area contributed by atoms with E-state index in [0.29, 0.717) is 5.02 Å². The molecule has 0 spiro atoms. The molecule has 1 amide bonds. The van der Waals surface area contributed by atoms with E-state index in [0.717, 1.165) is 41.5 Å². The summed E-state index contributed by atoms with van der Waals surface area (Å²) in [7, 11) is 1.93. The third-order valence-electron chi connectivity index (χ3n) is 5.56. The summed E-state index contributed by atoms with van der Waals surface area (Å²) >= 11 is 7.96. The van der Waals surface area contributed by atoms with E-state index in [2.05, 4.69) is 9.88 Å². The second kappa shape index (κ2) is 8.91. The maximum atomic E-state index is 12.8. The number of hydrogen-bond acceptors (Lipinski definition) is 4. The van der Waals surface area contributed by atoms with Crippen LogP contribution in [0.15, 0.2) is 30.5 Å². The zero-order valence-corrected chi connectivity index (χ0v) is 17.8. The Hall–Kier alpha value is -1.14. The van der Waals surface area contributed by atoms with Gasteiger partial charge in [0.1, 0.15) is 5.01 Å². The average Bonchev–Trinajstić information content (AvgIpc) is 3.24. The highest BCUT2D eigenvalue weighted by molar-refractivity contribution is 7.15. The Labute approximate surface area is 175 Å². The van der Waals surface area contributed by atoms with Crippen molar-refractivity contribution >= 4 is 41.3 Å². The molecular weight excluding hydrogens is 401 g/mol. The molecule has 0 saturated carbocycles. The molecule has 0 bridgehead atoms. The van der Waals surface area contributed by atoms with Gasteiger partial charge in [-0.2, -0.15) is 0 Å². The van der Waals surface area contributed by atoms with Crippen LogP contribution in [0.25, 0.3) is 10.6 Å². The first kappa shape index (κ1) is 20.6. The lowest BCUT2D eigenvalue weighted by molar-refractivity contribution is -0.131. The fraction of sp³-hybridized carbons (Fsp3) is 0.500. The van der Waals surface area contributed by atoms with Gasteiger partial charge in [0.15, 0.2) is 0 Å². The molecule has 3 heterocycles. The molecule has 2 aromatic rings. The number of carbonyl (C=O) groups is 1. The van der Waals surface area contributed by atoms with E-state index in [9.17, 15) is 4.79 Å². The number of hydrogen-bond donors (Lipinski definition) is 0. The van der Waals surface area contributed by atoms with Crippen molar-refractivity contribution in [1.29, 1.82) is 0 Å². The second-order valence-electron chi connectivity index (χ2n) is 7.31. The summed E-state index contributed by atoms with van der Waals surface area (Å²) in [5, 5.41) is 1.64. The summed E-state index contributed by atoms with van der Waals surface area (Å²) in [6.45, 7) is 3.17. The molecule has 4 rings (SSSR count). The third-order valence-corrected chi connectivity index (χ3v) is 7.02. The topological polar surface area (TPSA) is 36.4 Å². The molecule has 146 valence electrons. The van der Waals surface area contributed by atoms with Gasteiger partial charge in [-0.05, 0) is 38.4 Å². The van der Waals surface area contributed by atoms with Crippen LogP contribution in [0.3, 0.4) is 0 Å². The van der Waals surface area contributed by atoms with Gasteiger partial charge in [0.25, 0.3) is 0 Å². The van der Waals surface area contributed by atoms with Crippen molar-refractivity contribution in [3.63, 3.8) is 0 Å². The van der Waals surface area contributed by atoms with Crippen LogP contribution in [-0.2, 0) is 4.79 Å². The predicted octanol–water partition coefficient (Wildman–Crippen LogP) is 4.89. The van der Waals surface area contributed by atoms with Crippen LogP contribution in [0.2, 0.25) is 5.02 Å². The third kappa shape index (κ3) is 4.32. The van der Waals surface area contributed by atoms with Crippen LogP contribution in [-0.4, -0.2) is 47.4 Å². The second-order valence-corrected chi connectivity index (χ2v) is 8.78. The molecule has 0 aliphatic carbocycles. The standard InChI is InChI=1S/C20H24ClN3OS.ClH/c1-23-17(11-14(20(23)25)13-24-9-5-2-6-10-24)18-12-22-19(26-18)15-7-3-4-8-16(15)21;/h3-4,7-8,12,14,17H,2,5-6,9-11,13H2,1H3;1H/t14-,17+;/m1./s1. The van der Waals surface area contributed by atoms with Crippen LogP contribution in [0.5, 0.6) is 0 Å². The molecule has 27 heavy (non-hydrogen) atoms. The fourth-order valence-corrected chi connectivity index (χ4v) is 5.48. The minimum Gasteiger partial charge on any atom is -0.338 e. The van der Waals surface area contributed by atoms with Crippen LogP contribution in [0.4, 0.5) is 0 Å². The summed E-state index contributed by atoms with van der Waals surface area (Å²) in [4.78, 5) is 22.9. The molecule has 2 saturated heterocycles. The average molecular weight is 426 g/mol. The van der Waals surface area contributed by atoms with Crippen LogP contribution >= 0.6 is 35.3 Å². The summed E-state index contributed by atoms with van der Waals surface area (Å²) in [5.41, 5.74) is 0.960. The number of amides is 1. The van der Waals surface area contributed by atoms with Crippen LogP contribution < -0.4 is 0 Å². The minimum absolute atomic E-state index is 0. The molecular formula is C20H25Cl2N3OS. The van der Waals surface area contributed by atoms with Gasteiger partial charge in [0.05, 0.1) is 17.0 Å². The number of rotatable bonds is 4. The van der Waals surface area contributed by atoms with Gasteiger partial charge in [0.2, 0.25) is 5.91 Å². The van der Waals surface area contributed by atoms with Gasteiger partial charge >= 0.3 is 0 Å². The van der Waals surface area contributed by atoms with Crippen molar-refractivity contribution < 1.29 is 4.79 Å². The van der Waals surface area contributed by atoms with Crippen molar-refractivity contribution in [2.24, 2.45) is 5.92 Å². The van der Waals surface area contributed by atoms with E-state index in [1.54, 1.807) is 11.3 Å². The first-order chi connectivity index (χ1) is 12.6. The van der Waals surface area contributed by atoms with Crippen molar-refractivity contribution in [3.8, 4) is 10.6 Å². The number of piperidine rings is 1. The number of likely N-dealkylation sites (tertiary alicyclic amines) is 2. The normalized spacial score (nSPS) is 23.5. The smallest absolute Gasteiger partial charge is 0.227 e. The highest BCUT2D eigenvalue weighted by Crippen LogP contribution is 2.41. The van der Waals surface area contributed by atoms with E-state index < -0.39 is 0 Å². The first-order valence-corrected chi connectivity index (χ1v) is 10.5. The molecule has 0 radical (unpaired) electrons. The summed E-state index contributed by atoms with van der Waals surface area (Å²) in [5.74, 6) is 0.377. The molecule has 1 aromatic heterocycles. The SMILES string of the molecule is CN1C(=O)[C@@H](CN2CCCCC2)C[C@H]1c1cnc(-c2ccccc2Cl)s1.Cl. The first-order valence-electron chi connectivity index (χ1n) is 9.33. The summed E-state index contributed by atoms with van der Waals surface area (Å²) in [6.07, 6.45) is 6.65. The maximum Gasteiger partial charge on any atom is 0.227 e. The summed E-state index contributed by atoms with van der Waals surface area (Å²) in [6, 6.07) is 7.91. The Bertz CT molecular complexity index is 791. The zero-order valence-electron chi connectivity index (χ0n) is 15.4. The molecule has 0 unspecified atom stereocenters. The van der Waals surface area contributed by atoms with E-state index in [-0.39, 0.29) is 30.3 Å². The number of benzene rings is 1. The van der Waals surface area contributed by atoms with Gasteiger partial charge in [-0.25, -0.2) is 4.98 Å². The van der Waals surface area contributed by atoms with Gasteiger partial charge in [0, 0.05) is 30.2 Å². The highest BCUT2D eigenvalue weighted by atomic mass is 35.5. The number of carbonyl (C=O) groups excluding carboxylic acids is 1. The molecule has 2 aliphatic heterocycles. The molecule has 2 fully saturated rings. The monoisotopic (exact) mass is 425 g/mol. The Morgan fingerprint density at radius 2 is 1.96 bits per heavy atom. The Morgan fingerprint density at radius 3 is 2.70 bits per heavy atom. The highest BCUT2D eigenvalue weighted by Gasteiger charge is 2.39. The fourth-order valence-electron chi connectivity index (χ4n) is 4.08. The number of nitrogens with zero attached hydrogens (tertiary/aromatic N) is 3. The van der Waals surface area contributed by atoms with Crippen molar-refractivity contribution in [2.45, 2.75) is 31.7 Å². The van der Waals surface area contributed by atoms with E-state index in [4.69, 9.17) is 11.6 Å². The van der Waals surface area contributed by atoms with Crippen LogP contribution in [0.1, 0.15) is 36.6 Å². The van der Waals surface area contributed by atoms with Crippen molar-refractivity contribution in [2.75, 3.05) is 26.7 Å². The van der Waals surface area contributed by atoms with Crippen LogP contribution in [0, 0.1) is 5.92 Å². The lowest BCUT2D eigenvalue weighted by atomic mass is 10.0. The van der Waals surface area contributed by atoms with Crippen molar-refractivity contribution in [1.82, 2.24) is 14.8 Å². The summed E-state index contributed by atoms with van der Waals surface area (Å²) < 4.78 is 0. The van der Waals surface area contributed by atoms with E-state index in [1.165, 1.54) is 19.3 Å².